The number of halogens is 1. The van der Waals surface area contributed by atoms with Crippen LogP contribution >= 0.6 is 27.3 Å². The molecule has 0 atom stereocenters. The van der Waals surface area contributed by atoms with Crippen LogP contribution < -0.4 is 4.90 Å². The van der Waals surface area contributed by atoms with Crippen molar-refractivity contribution in [3.63, 3.8) is 0 Å². The normalized spacial score (nSPS) is 11.4. The molecule has 0 saturated carbocycles. The van der Waals surface area contributed by atoms with Gasteiger partial charge in [-0.1, -0.05) is 27.3 Å². The van der Waals surface area contributed by atoms with E-state index in [1.54, 1.807) is 21.8 Å². The number of nitrogens with zero attached hydrogens (tertiary/aromatic N) is 5. The van der Waals surface area contributed by atoms with Crippen molar-refractivity contribution in [2.75, 3.05) is 32.1 Å². The van der Waals surface area contributed by atoms with Crippen LogP contribution in [0.25, 0.3) is 10.2 Å². The first-order valence-electron chi connectivity index (χ1n) is 8.54. The van der Waals surface area contributed by atoms with Gasteiger partial charge in [-0.15, -0.1) is 0 Å². The first-order valence-corrected chi connectivity index (χ1v) is 10.1. The summed E-state index contributed by atoms with van der Waals surface area (Å²) in [6.45, 7) is 4.17. The number of amides is 1. The van der Waals surface area contributed by atoms with Crippen LogP contribution in [0.3, 0.4) is 0 Å². The third-order valence-corrected chi connectivity index (χ3v) is 5.57. The van der Waals surface area contributed by atoms with Gasteiger partial charge in [0, 0.05) is 23.8 Å². The lowest BCUT2D eigenvalue weighted by atomic mass is 10.3. The van der Waals surface area contributed by atoms with Crippen molar-refractivity contribution in [2.24, 2.45) is 0 Å². The highest BCUT2D eigenvalue weighted by Crippen LogP contribution is 2.31. The van der Waals surface area contributed by atoms with Crippen LogP contribution in [-0.2, 0) is 6.54 Å². The minimum absolute atomic E-state index is 0.0544. The molecule has 0 N–H and O–H groups in total. The standard InChI is InChI=1S/C18H22BrN5OS/c1-4-24-15(8-9-20-24)17(25)23(11-5-10-22(2)3)18-21-14-7-6-13(19)12-16(14)26-18/h6-9,12H,4-5,10-11H2,1-3H3. The number of benzene rings is 1. The SMILES string of the molecule is CCn1nccc1C(=O)N(CCCN(C)C)c1nc2ccc(Br)cc2s1. The van der Waals surface area contributed by atoms with E-state index in [1.807, 2.05) is 39.2 Å². The van der Waals surface area contributed by atoms with Gasteiger partial charge >= 0.3 is 0 Å². The Morgan fingerprint density at radius 2 is 2.08 bits per heavy atom. The van der Waals surface area contributed by atoms with E-state index < -0.39 is 0 Å². The van der Waals surface area contributed by atoms with Crippen LogP contribution in [0.1, 0.15) is 23.8 Å². The molecule has 0 bridgehead atoms. The topological polar surface area (TPSA) is 54.3 Å². The molecular formula is C18H22BrN5OS. The van der Waals surface area contributed by atoms with Crippen molar-refractivity contribution in [3.05, 3.63) is 40.6 Å². The Kier molecular flexibility index (Phi) is 6.05. The highest BCUT2D eigenvalue weighted by molar-refractivity contribution is 9.10. The molecular weight excluding hydrogens is 414 g/mol. The summed E-state index contributed by atoms with van der Waals surface area (Å²) in [6, 6.07) is 7.75. The predicted octanol–water partition coefficient (Wildman–Crippen LogP) is 3.87. The van der Waals surface area contributed by atoms with Crippen LogP contribution in [0.5, 0.6) is 0 Å². The maximum absolute atomic E-state index is 13.2. The van der Waals surface area contributed by atoms with Gasteiger partial charge in [-0.3, -0.25) is 14.4 Å². The molecule has 3 aromatic rings. The summed E-state index contributed by atoms with van der Waals surface area (Å²) in [5.74, 6) is -0.0544. The van der Waals surface area contributed by atoms with E-state index in [4.69, 9.17) is 4.98 Å². The maximum atomic E-state index is 13.2. The number of fused-ring (bicyclic) bond motifs is 1. The lowest BCUT2D eigenvalue weighted by molar-refractivity contribution is 0.0975. The molecule has 6 nitrogen and oxygen atoms in total. The Balaban J connectivity index is 1.94. The molecule has 0 aliphatic heterocycles. The second-order valence-corrected chi connectivity index (χ2v) is 8.18. The summed E-state index contributed by atoms with van der Waals surface area (Å²) >= 11 is 5.04. The van der Waals surface area contributed by atoms with Gasteiger partial charge in [-0.2, -0.15) is 5.10 Å². The molecule has 0 unspecified atom stereocenters. The first kappa shape index (κ1) is 19.0. The molecule has 0 aliphatic rings. The highest BCUT2D eigenvalue weighted by atomic mass is 79.9. The van der Waals surface area contributed by atoms with Gasteiger partial charge in [0.25, 0.3) is 5.91 Å². The number of hydrogen-bond acceptors (Lipinski definition) is 5. The molecule has 0 saturated heterocycles. The first-order chi connectivity index (χ1) is 12.5. The average Bonchev–Trinajstić information content (AvgIpc) is 3.23. The van der Waals surface area contributed by atoms with Gasteiger partial charge in [0.1, 0.15) is 5.69 Å². The van der Waals surface area contributed by atoms with E-state index >= 15 is 0 Å². The van der Waals surface area contributed by atoms with E-state index in [0.717, 1.165) is 32.8 Å². The Morgan fingerprint density at radius 1 is 1.27 bits per heavy atom. The summed E-state index contributed by atoms with van der Waals surface area (Å²) in [5.41, 5.74) is 1.50. The summed E-state index contributed by atoms with van der Waals surface area (Å²) in [4.78, 5) is 21.8. The van der Waals surface area contributed by atoms with Crippen molar-refractivity contribution in [1.29, 1.82) is 0 Å². The lowest BCUT2D eigenvalue weighted by Crippen LogP contribution is -2.34. The fourth-order valence-electron chi connectivity index (χ4n) is 2.74. The van der Waals surface area contributed by atoms with E-state index in [0.29, 0.717) is 18.8 Å². The van der Waals surface area contributed by atoms with Crippen LogP contribution in [0.2, 0.25) is 0 Å². The Bertz CT molecular complexity index is 904. The van der Waals surface area contributed by atoms with Gasteiger partial charge in [0.05, 0.1) is 10.2 Å². The molecule has 0 spiro atoms. The maximum Gasteiger partial charge on any atom is 0.278 e. The summed E-state index contributed by atoms with van der Waals surface area (Å²) in [7, 11) is 4.07. The van der Waals surface area contributed by atoms with E-state index in [2.05, 4.69) is 25.9 Å². The average molecular weight is 436 g/mol. The summed E-state index contributed by atoms with van der Waals surface area (Å²) in [5, 5.41) is 4.96. The van der Waals surface area contributed by atoms with Gasteiger partial charge in [0.2, 0.25) is 0 Å². The zero-order chi connectivity index (χ0) is 18.7. The largest absolute Gasteiger partial charge is 0.309 e. The Hall–Kier alpha value is -1.77. The molecule has 1 amide bonds. The Labute approximate surface area is 165 Å². The number of rotatable bonds is 7. The third-order valence-electron chi connectivity index (χ3n) is 4.04. The zero-order valence-corrected chi connectivity index (χ0v) is 17.5. The number of thiazole rings is 1. The van der Waals surface area contributed by atoms with Crippen LogP contribution in [0.4, 0.5) is 5.13 Å². The molecule has 1 aromatic carbocycles. The molecule has 0 radical (unpaired) electrons. The van der Waals surface area contributed by atoms with Crippen LogP contribution in [-0.4, -0.2) is 52.8 Å². The number of carbonyl (C=O) groups is 1. The fourth-order valence-corrected chi connectivity index (χ4v) is 4.28. The monoisotopic (exact) mass is 435 g/mol. The van der Waals surface area contributed by atoms with Crippen molar-refractivity contribution in [1.82, 2.24) is 19.7 Å². The van der Waals surface area contributed by atoms with Crippen LogP contribution in [0.15, 0.2) is 34.9 Å². The molecule has 138 valence electrons. The molecule has 26 heavy (non-hydrogen) atoms. The fraction of sp³-hybridized carbons (Fsp3) is 0.389. The van der Waals surface area contributed by atoms with E-state index in [1.165, 1.54) is 11.3 Å². The van der Waals surface area contributed by atoms with E-state index in [-0.39, 0.29) is 5.91 Å². The van der Waals surface area contributed by atoms with Gasteiger partial charge in [0.15, 0.2) is 5.13 Å². The highest BCUT2D eigenvalue weighted by Gasteiger charge is 2.23. The number of hydrogen-bond donors (Lipinski definition) is 0. The lowest BCUT2D eigenvalue weighted by Gasteiger charge is -2.21. The van der Waals surface area contributed by atoms with Crippen molar-refractivity contribution < 1.29 is 4.79 Å². The summed E-state index contributed by atoms with van der Waals surface area (Å²) in [6.07, 6.45) is 2.54. The van der Waals surface area contributed by atoms with Crippen LogP contribution in [0, 0.1) is 0 Å². The Morgan fingerprint density at radius 3 is 2.81 bits per heavy atom. The number of anilines is 1. The van der Waals surface area contributed by atoms with Gasteiger partial charge < -0.3 is 4.90 Å². The molecule has 8 heteroatoms. The van der Waals surface area contributed by atoms with Crippen molar-refractivity contribution in [2.45, 2.75) is 19.9 Å². The van der Waals surface area contributed by atoms with Gasteiger partial charge in [-0.05, 0) is 58.3 Å². The van der Waals surface area contributed by atoms with Gasteiger partial charge in [-0.25, -0.2) is 4.98 Å². The molecule has 3 rings (SSSR count). The zero-order valence-electron chi connectivity index (χ0n) is 15.1. The molecule has 2 heterocycles. The van der Waals surface area contributed by atoms with E-state index in [9.17, 15) is 4.79 Å². The number of aromatic nitrogens is 3. The second-order valence-electron chi connectivity index (χ2n) is 6.25. The smallest absolute Gasteiger partial charge is 0.278 e. The predicted molar refractivity (Wildman–Crippen MR) is 110 cm³/mol. The van der Waals surface area contributed by atoms with Crippen molar-refractivity contribution in [3.8, 4) is 0 Å². The number of aryl methyl sites for hydroxylation is 1. The molecule has 2 aromatic heterocycles. The third kappa shape index (κ3) is 4.13. The second kappa shape index (κ2) is 8.28. The quantitative estimate of drug-likeness (QED) is 0.564. The number of carbonyl (C=O) groups excluding carboxylic acids is 1. The minimum atomic E-state index is -0.0544. The van der Waals surface area contributed by atoms with Crippen molar-refractivity contribution >= 4 is 48.5 Å². The summed E-state index contributed by atoms with van der Waals surface area (Å²) < 4.78 is 3.80. The molecule has 0 fully saturated rings. The minimum Gasteiger partial charge on any atom is -0.309 e. The molecule has 0 aliphatic carbocycles.